The summed E-state index contributed by atoms with van der Waals surface area (Å²) in [6.07, 6.45) is 3.67. The molecule has 0 aliphatic heterocycles. The highest BCUT2D eigenvalue weighted by molar-refractivity contribution is 9.10. The van der Waals surface area contributed by atoms with E-state index >= 15 is 0 Å². The van der Waals surface area contributed by atoms with E-state index in [2.05, 4.69) is 21.2 Å². The molecular formula is C14H16BrNO4. The molecule has 0 saturated heterocycles. The zero-order valence-electron chi connectivity index (χ0n) is 11.0. The number of aliphatic carboxylic acids is 1. The molecule has 1 atom stereocenters. The minimum absolute atomic E-state index is 0.221. The molecule has 2 N–H and O–H groups in total. The predicted octanol–water partition coefficient (Wildman–Crippen LogP) is 2.36. The maximum Gasteiger partial charge on any atom is 0.326 e. The molecule has 0 aromatic heterocycles. The zero-order valence-corrected chi connectivity index (χ0v) is 12.6. The third kappa shape index (κ3) is 5.88. The number of hydrogen-bond donors (Lipinski definition) is 2. The predicted molar refractivity (Wildman–Crippen MR) is 78.6 cm³/mol. The summed E-state index contributed by atoms with van der Waals surface area (Å²) in [6, 6.07) is 6.07. The first kappa shape index (κ1) is 16.2. The number of hydrogen-bond acceptors (Lipinski definition) is 3. The first-order valence-corrected chi connectivity index (χ1v) is 6.84. The Morgan fingerprint density at radius 1 is 1.40 bits per heavy atom. The smallest absolute Gasteiger partial charge is 0.326 e. The summed E-state index contributed by atoms with van der Waals surface area (Å²) in [7, 11) is 0. The Kier molecular flexibility index (Phi) is 6.79. The number of carboxylic acids is 1. The van der Waals surface area contributed by atoms with E-state index < -0.39 is 17.9 Å². The molecule has 0 saturated carbocycles. The number of rotatable bonds is 7. The first-order valence-electron chi connectivity index (χ1n) is 6.04. The van der Waals surface area contributed by atoms with Crippen molar-refractivity contribution in [2.45, 2.75) is 19.4 Å². The Bertz CT molecular complexity index is 484. The number of amides is 1. The van der Waals surface area contributed by atoms with E-state index in [4.69, 9.17) is 9.84 Å². The average molecular weight is 342 g/mol. The molecule has 108 valence electrons. The van der Waals surface area contributed by atoms with Gasteiger partial charge in [0.15, 0.2) is 6.61 Å². The molecule has 0 spiro atoms. The summed E-state index contributed by atoms with van der Waals surface area (Å²) in [6.45, 7) is 1.57. The molecule has 0 bridgehead atoms. The molecule has 1 aromatic carbocycles. The molecule has 20 heavy (non-hydrogen) atoms. The molecule has 1 rings (SSSR count). The van der Waals surface area contributed by atoms with Crippen molar-refractivity contribution in [1.82, 2.24) is 5.32 Å². The average Bonchev–Trinajstić information content (AvgIpc) is 2.42. The monoisotopic (exact) mass is 341 g/mol. The Hall–Kier alpha value is -1.82. The van der Waals surface area contributed by atoms with Gasteiger partial charge in [0.25, 0.3) is 5.91 Å². The largest absolute Gasteiger partial charge is 0.484 e. The molecule has 0 aliphatic carbocycles. The fraction of sp³-hybridized carbons (Fsp3) is 0.286. The second kappa shape index (κ2) is 8.37. The highest BCUT2D eigenvalue weighted by Crippen LogP contribution is 2.15. The van der Waals surface area contributed by atoms with Crippen LogP contribution in [0.3, 0.4) is 0 Å². The van der Waals surface area contributed by atoms with E-state index in [1.54, 1.807) is 43.3 Å². The van der Waals surface area contributed by atoms with Crippen LogP contribution in [0.2, 0.25) is 0 Å². The normalized spacial score (nSPS) is 12.1. The second-order valence-corrected chi connectivity index (χ2v) is 4.92. The van der Waals surface area contributed by atoms with Crippen LogP contribution in [0.25, 0.3) is 0 Å². The lowest BCUT2D eigenvalue weighted by Gasteiger charge is -2.13. The molecule has 6 heteroatoms. The van der Waals surface area contributed by atoms with Gasteiger partial charge in [-0.3, -0.25) is 4.79 Å². The molecule has 0 fully saturated rings. The molecule has 1 aromatic rings. The summed E-state index contributed by atoms with van der Waals surface area (Å²) in [5.74, 6) is -0.992. The van der Waals surface area contributed by atoms with Gasteiger partial charge in [-0.25, -0.2) is 4.79 Å². The topological polar surface area (TPSA) is 75.6 Å². The van der Waals surface area contributed by atoms with Gasteiger partial charge in [0.2, 0.25) is 0 Å². The molecule has 0 aliphatic rings. The van der Waals surface area contributed by atoms with Crippen LogP contribution >= 0.6 is 15.9 Å². The van der Waals surface area contributed by atoms with Gasteiger partial charge in [0.1, 0.15) is 11.8 Å². The number of carbonyl (C=O) groups excluding carboxylic acids is 1. The van der Waals surface area contributed by atoms with Crippen molar-refractivity contribution in [3.63, 3.8) is 0 Å². The van der Waals surface area contributed by atoms with Crippen LogP contribution in [-0.4, -0.2) is 29.6 Å². The van der Waals surface area contributed by atoms with Crippen LogP contribution in [0.5, 0.6) is 5.75 Å². The van der Waals surface area contributed by atoms with Gasteiger partial charge in [0.05, 0.1) is 0 Å². The fourth-order valence-electron chi connectivity index (χ4n) is 1.41. The van der Waals surface area contributed by atoms with Crippen molar-refractivity contribution >= 4 is 27.8 Å². The minimum atomic E-state index is -1.07. The van der Waals surface area contributed by atoms with Crippen molar-refractivity contribution in [3.05, 3.63) is 40.9 Å². The lowest BCUT2D eigenvalue weighted by Crippen LogP contribution is -2.42. The Labute approximate surface area is 125 Å². The summed E-state index contributed by atoms with van der Waals surface area (Å²) in [4.78, 5) is 22.6. The van der Waals surface area contributed by atoms with Gasteiger partial charge in [-0.2, -0.15) is 0 Å². The molecule has 5 nitrogen and oxygen atoms in total. The standard InChI is InChI=1S/C14H16BrNO4/c1-2-3-4-12(14(18)19)16-13(17)9-20-11-7-5-10(15)6-8-11/h2-3,5-8,12H,4,9H2,1H3,(H,16,17)(H,18,19)/b3-2+. The van der Waals surface area contributed by atoms with Crippen LogP contribution in [0, 0.1) is 0 Å². The molecule has 0 heterocycles. The van der Waals surface area contributed by atoms with Crippen LogP contribution in [0.15, 0.2) is 40.9 Å². The lowest BCUT2D eigenvalue weighted by molar-refractivity contribution is -0.142. The number of carboxylic acid groups (broad SMARTS) is 1. The molecule has 1 unspecified atom stereocenters. The van der Waals surface area contributed by atoms with Crippen LogP contribution < -0.4 is 10.1 Å². The van der Waals surface area contributed by atoms with Crippen LogP contribution in [0.1, 0.15) is 13.3 Å². The van der Waals surface area contributed by atoms with Crippen molar-refractivity contribution in [3.8, 4) is 5.75 Å². The van der Waals surface area contributed by atoms with E-state index in [0.717, 1.165) is 4.47 Å². The molecular weight excluding hydrogens is 326 g/mol. The van der Waals surface area contributed by atoms with Gasteiger partial charge < -0.3 is 15.2 Å². The summed E-state index contributed by atoms with van der Waals surface area (Å²) >= 11 is 3.29. The Balaban J connectivity index is 2.45. The Morgan fingerprint density at radius 2 is 2.05 bits per heavy atom. The first-order chi connectivity index (χ1) is 9.52. The second-order valence-electron chi connectivity index (χ2n) is 4.01. The SMILES string of the molecule is C/C=C/CC(NC(=O)COc1ccc(Br)cc1)C(=O)O. The molecule has 0 radical (unpaired) electrons. The lowest BCUT2D eigenvalue weighted by atomic mass is 10.2. The number of nitrogens with one attached hydrogen (secondary N) is 1. The van der Waals surface area contributed by atoms with E-state index in [1.165, 1.54) is 0 Å². The number of ether oxygens (including phenoxy) is 1. The minimum Gasteiger partial charge on any atom is -0.484 e. The van der Waals surface area contributed by atoms with E-state index in [1.807, 2.05) is 0 Å². The van der Waals surface area contributed by atoms with Crippen molar-refractivity contribution in [2.75, 3.05) is 6.61 Å². The summed E-state index contributed by atoms with van der Waals surface area (Å²) in [5, 5.41) is 11.4. The number of halogens is 1. The van der Waals surface area contributed by atoms with Crippen molar-refractivity contribution in [2.24, 2.45) is 0 Å². The highest BCUT2D eigenvalue weighted by atomic mass is 79.9. The van der Waals surface area contributed by atoms with E-state index in [9.17, 15) is 9.59 Å². The van der Waals surface area contributed by atoms with Crippen molar-refractivity contribution < 1.29 is 19.4 Å². The number of benzene rings is 1. The third-order valence-corrected chi connectivity index (χ3v) is 2.95. The number of allylic oxidation sites excluding steroid dienone is 1. The quantitative estimate of drug-likeness (QED) is 0.746. The third-order valence-electron chi connectivity index (χ3n) is 2.42. The van der Waals surface area contributed by atoms with E-state index in [0.29, 0.717) is 5.75 Å². The van der Waals surface area contributed by atoms with Gasteiger partial charge >= 0.3 is 5.97 Å². The number of carbonyl (C=O) groups is 2. The zero-order chi connectivity index (χ0) is 15.0. The van der Waals surface area contributed by atoms with Crippen LogP contribution in [0.4, 0.5) is 0 Å². The molecule has 1 amide bonds. The van der Waals surface area contributed by atoms with Gasteiger partial charge in [-0.15, -0.1) is 0 Å². The van der Waals surface area contributed by atoms with Crippen molar-refractivity contribution in [1.29, 1.82) is 0 Å². The summed E-state index contributed by atoms with van der Waals surface area (Å²) in [5.41, 5.74) is 0. The Morgan fingerprint density at radius 3 is 2.60 bits per heavy atom. The maximum atomic E-state index is 11.6. The maximum absolute atomic E-state index is 11.6. The van der Waals surface area contributed by atoms with Gasteiger partial charge in [0, 0.05) is 4.47 Å². The van der Waals surface area contributed by atoms with Crippen LogP contribution in [-0.2, 0) is 9.59 Å². The summed E-state index contributed by atoms with van der Waals surface area (Å²) < 4.78 is 6.17. The van der Waals surface area contributed by atoms with E-state index in [-0.39, 0.29) is 13.0 Å². The highest BCUT2D eigenvalue weighted by Gasteiger charge is 2.18. The van der Waals surface area contributed by atoms with Gasteiger partial charge in [-0.1, -0.05) is 28.1 Å². The fourth-order valence-corrected chi connectivity index (χ4v) is 1.67. The van der Waals surface area contributed by atoms with Gasteiger partial charge in [-0.05, 0) is 37.6 Å².